The van der Waals surface area contributed by atoms with Gasteiger partial charge in [0.05, 0.1) is 0 Å². The van der Waals surface area contributed by atoms with Gasteiger partial charge in [0.15, 0.2) is 0 Å². The first-order valence-electron chi connectivity index (χ1n) is 8.88. The third-order valence-corrected chi connectivity index (χ3v) is 3.50. The smallest absolute Gasteiger partial charge is 0.0348 e. The summed E-state index contributed by atoms with van der Waals surface area (Å²) in [6.07, 6.45) is 29.6. The molecule has 0 heterocycles. The molecule has 0 aromatic carbocycles. The lowest BCUT2D eigenvalue weighted by molar-refractivity contribution is 0.599. The van der Waals surface area contributed by atoms with Gasteiger partial charge in [-0.15, -0.1) is 0 Å². The lowest BCUT2D eigenvalue weighted by Gasteiger charge is -1.99. The Bertz CT molecular complexity index is 245. The summed E-state index contributed by atoms with van der Waals surface area (Å²) in [5.41, 5.74) is 0. The maximum absolute atomic E-state index is 2.38. The molecular weight excluding hydrogens is 240 g/mol. The summed E-state index contributed by atoms with van der Waals surface area (Å²) in [7, 11) is 0. The van der Waals surface area contributed by atoms with Crippen LogP contribution < -0.4 is 0 Å². The summed E-state index contributed by atoms with van der Waals surface area (Å²) in [5.74, 6) is 0. The Kier molecular flexibility index (Phi) is 17.5. The van der Waals surface area contributed by atoms with Gasteiger partial charge in [0.1, 0.15) is 0 Å². The van der Waals surface area contributed by atoms with Crippen molar-refractivity contribution in [3.63, 3.8) is 0 Å². The predicted molar refractivity (Wildman–Crippen MR) is 94.2 cm³/mol. The van der Waals surface area contributed by atoms with E-state index >= 15 is 0 Å². The summed E-state index contributed by atoms with van der Waals surface area (Å²) < 4.78 is 0. The largest absolute Gasteiger partial charge is 0.0885 e. The number of hydrogen-bond acceptors (Lipinski definition) is 0. The summed E-state index contributed by atoms with van der Waals surface area (Å²) in [6.45, 7) is 4.43. The molecule has 0 amide bonds. The highest BCUT2D eigenvalue weighted by Crippen LogP contribution is 2.09. The van der Waals surface area contributed by atoms with Gasteiger partial charge in [0, 0.05) is 0 Å². The van der Waals surface area contributed by atoms with Crippen LogP contribution in [0.2, 0.25) is 0 Å². The van der Waals surface area contributed by atoms with Gasteiger partial charge in [0.25, 0.3) is 0 Å². The molecule has 0 aliphatic heterocycles. The van der Waals surface area contributed by atoms with Crippen molar-refractivity contribution in [1.82, 2.24) is 0 Å². The number of hydrogen-bond donors (Lipinski definition) is 0. The van der Waals surface area contributed by atoms with Crippen LogP contribution in [0.25, 0.3) is 0 Å². The molecule has 0 rings (SSSR count). The molecule has 0 heteroatoms. The highest BCUT2D eigenvalue weighted by atomic mass is 14.0. The van der Waals surface area contributed by atoms with E-state index in [0.717, 1.165) is 6.42 Å². The van der Waals surface area contributed by atoms with Gasteiger partial charge in [-0.05, 0) is 38.5 Å². The first-order valence-corrected chi connectivity index (χ1v) is 8.88. The van der Waals surface area contributed by atoms with Gasteiger partial charge in [-0.1, -0.05) is 88.8 Å². The molecule has 0 saturated heterocycles. The molecule has 116 valence electrons. The average molecular weight is 277 g/mol. The molecule has 20 heavy (non-hydrogen) atoms. The van der Waals surface area contributed by atoms with Crippen molar-refractivity contribution in [2.75, 3.05) is 0 Å². The average Bonchev–Trinajstić information content (AvgIpc) is 2.47. The SMILES string of the molecule is CC/C=C/C=C/CCCCCCCC/C=C/CCCC. The van der Waals surface area contributed by atoms with Crippen molar-refractivity contribution in [2.24, 2.45) is 0 Å². The minimum absolute atomic E-state index is 1.14. The van der Waals surface area contributed by atoms with E-state index in [1.54, 1.807) is 0 Å². The minimum atomic E-state index is 1.14. The Morgan fingerprint density at radius 2 is 1.00 bits per heavy atom. The highest BCUT2D eigenvalue weighted by Gasteiger charge is 1.89. The number of unbranched alkanes of at least 4 members (excludes halogenated alkanes) is 9. The van der Waals surface area contributed by atoms with E-state index in [2.05, 4.69) is 50.3 Å². The van der Waals surface area contributed by atoms with Crippen molar-refractivity contribution in [3.8, 4) is 0 Å². The van der Waals surface area contributed by atoms with Crippen LogP contribution >= 0.6 is 0 Å². The maximum Gasteiger partial charge on any atom is -0.0348 e. The lowest BCUT2D eigenvalue weighted by atomic mass is 10.1. The predicted octanol–water partition coefficient (Wildman–Crippen LogP) is 7.38. The molecule has 0 saturated carbocycles. The second-order valence-electron chi connectivity index (χ2n) is 5.58. The second kappa shape index (κ2) is 18.2. The van der Waals surface area contributed by atoms with Gasteiger partial charge < -0.3 is 0 Å². The Balaban J connectivity index is 3.11. The third-order valence-electron chi connectivity index (χ3n) is 3.50. The van der Waals surface area contributed by atoms with E-state index < -0.39 is 0 Å². The number of allylic oxidation sites excluding steroid dienone is 6. The first kappa shape index (κ1) is 19.2. The zero-order valence-electron chi connectivity index (χ0n) is 13.9. The highest BCUT2D eigenvalue weighted by molar-refractivity contribution is 5.01. The van der Waals surface area contributed by atoms with Crippen molar-refractivity contribution in [2.45, 2.75) is 90.9 Å². The molecule has 0 bridgehead atoms. The van der Waals surface area contributed by atoms with Crippen LogP contribution in [0, 0.1) is 0 Å². The fourth-order valence-corrected chi connectivity index (χ4v) is 2.18. The fraction of sp³-hybridized carbons (Fsp3) is 0.700. The zero-order valence-corrected chi connectivity index (χ0v) is 13.9. The molecule has 0 radical (unpaired) electrons. The standard InChI is InChI=1S/C20H36/c1-3-5-7-9-11-13-15-17-19-20-18-16-14-12-10-8-6-4-2/h5,7,9-12H,3-4,6,8,13-20H2,1-2H3/b7-5+,11-9+,12-10+. The fourth-order valence-electron chi connectivity index (χ4n) is 2.18. The monoisotopic (exact) mass is 276 g/mol. The van der Waals surface area contributed by atoms with Gasteiger partial charge in [-0.3, -0.25) is 0 Å². The third kappa shape index (κ3) is 17.2. The summed E-state index contributed by atoms with van der Waals surface area (Å²) in [5, 5.41) is 0. The maximum atomic E-state index is 2.38. The van der Waals surface area contributed by atoms with Crippen molar-refractivity contribution < 1.29 is 0 Å². The van der Waals surface area contributed by atoms with Crippen molar-refractivity contribution in [1.29, 1.82) is 0 Å². The second-order valence-corrected chi connectivity index (χ2v) is 5.58. The quantitative estimate of drug-likeness (QED) is 0.176. The molecule has 0 spiro atoms. The van der Waals surface area contributed by atoms with Crippen molar-refractivity contribution >= 4 is 0 Å². The normalized spacial score (nSPS) is 12.3. The van der Waals surface area contributed by atoms with Crippen LogP contribution in [0.15, 0.2) is 36.5 Å². The van der Waals surface area contributed by atoms with E-state index in [1.807, 2.05) is 0 Å². The topological polar surface area (TPSA) is 0 Å². The van der Waals surface area contributed by atoms with Gasteiger partial charge >= 0.3 is 0 Å². The first-order chi connectivity index (χ1) is 9.91. The van der Waals surface area contributed by atoms with E-state index in [4.69, 9.17) is 0 Å². The molecule has 0 nitrogen and oxygen atoms in total. The lowest BCUT2D eigenvalue weighted by Crippen LogP contribution is -1.79. The van der Waals surface area contributed by atoms with Crippen molar-refractivity contribution in [3.05, 3.63) is 36.5 Å². The van der Waals surface area contributed by atoms with Crippen LogP contribution in [-0.2, 0) is 0 Å². The van der Waals surface area contributed by atoms with E-state index in [-0.39, 0.29) is 0 Å². The molecule has 0 N–H and O–H groups in total. The van der Waals surface area contributed by atoms with Crippen LogP contribution in [0.1, 0.15) is 90.9 Å². The van der Waals surface area contributed by atoms with Crippen LogP contribution in [0.5, 0.6) is 0 Å². The molecule has 0 atom stereocenters. The Morgan fingerprint density at radius 1 is 0.500 bits per heavy atom. The number of rotatable bonds is 14. The minimum Gasteiger partial charge on any atom is -0.0885 e. The molecule has 0 unspecified atom stereocenters. The molecule has 0 fully saturated rings. The van der Waals surface area contributed by atoms with E-state index in [1.165, 1.54) is 70.6 Å². The molecule has 0 aliphatic rings. The molecule has 0 aromatic heterocycles. The molecule has 0 aliphatic carbocycles. The summed E-state index contributed by atoms with van der Waals surface area (Å²) >= 11 is 0. The molecular formula is C20H36. The Morgan fingerprint density at radius 3 is 1.60 bits per heavy atom. The van der Waals surface area contributed by atoms with Crippen LogP contribution in [0.4, 0.5) is 0 Å². The summed E-state index contributed by atoms with van der Waals surface area (Å²) in [6, 6.07) is 0. The van der Waals surface area contributed by atoms with E-state index in [9.17, 15) is 0 Å². The van der Waals surface area contributed by atoms with Gasteiger partial charge in [-0.2, -0.15) is 0 Å². The molecule has 0 aromatic rings. The van der Waals surface area contributed by atoms with Gasteiger partial charge in [-0.25, -0.2) is 0 Å². The Labute approximate surface area is 128 Å². The van der Waals surface area contributed by atoms with Gasteiger partial charge in [0.2, 0.25) is 0 Å². The van der Waals surface area contributed by atoms with Crippen LogP contribution in [-0.4, -0.2) is 0 Å². The zero-order chi connectivity index (χ0) is 14.7. The van der Waals surface area contributed by atoms with E-state index in [0.29, 0.717) is 0 Å². The Hall–Kier alpha value is -0.780. The van der Waals surface area contributed by atoms with Crippen LogP contribution in [0.3, 0.4) is 0 Å². The summed E-state index contributed by atoms with van der Waals surface area (Å²) in [4.78, 5) is 0.